The van der Waals surface area contributed by atoms with Crippen LogP contribution in [0.4, 0.5) is 16.5 Å². The summed E-state index contributed by atoms with van der Waals surface area (Å²) in [5.74, 6) is -0.118. The van der Waals surface area contributed by atoms with Crippen LogP contribution in [0, 0.1) is 5.41 Å². The van der Waals surface area contributed by atoms with Gasteiger partial charge in [0, 0.05) is 52.6 Å². The van der Waals surface area contributed by atoms with Crippen LogP contribution in [0.15, 0.2) is 70.9 Å². The van der Waals surface area contributed by atoms with Crippen molar-refractivity contribution in [1.82, 2.24) is 4.98 Å². The van der Waals surface area contributed by atoms with Gasteiger partial charge in [-0.2, -0.15) is 0 Å². The molecule has 3 aromatic carbocycles. The fraction of sp³-hybridized carbons (Fsp3) is 0.231. The number of hydrogen-bond acceptors (Lipinski definition) is 6. The highest BCUT2D eigenvalue weighted by molar-refractivity contribution is 7.93. The monoisotopic (exact) mass is 508 g/mol. The van der Waals surface area contributed by atoms with Crippen molar-refractivity contribution in [2.75, 3.05) is 29.0 Å². The smallest absolute Gasteiger partial charge is 0.262 e. The van der Waals surface area contributed by atoms with E-state index in [1.54, 1.807) is 30.3 Å². The maximum atomic E-state index is 13.4. The second-order valence-electron chi connectivity index (χ2n) is 9.45. The highest BCUT2D eigenvalue weighted by Crippen LogP contribution is 2.32. The van der Waals surface area contributed by atoms with Gasteiger partial charge in [-0.3, -0.25) is 9.52 Å². The molecule has 9 heteroatoms. The van der Waals surface area contributed by atoms with E-state index in [-0.39, 0.29) is 10.8 Å². The molecule has 4 rings (SSSR count). The Morgan fingerprint density at radius 2 is 1.66 bits per heavy atom. The number of aromatic nitrogens is 1. The number of benzene rings is 3. The number of amides is 1. The van der Waals surface area contributed by atoms with Crippen LogP contribution in [0.3, 0.4) is 0 Å². The minimum absolute atomic E-state index is 0.118. The zero-order chi connectivity index (χ0) is 25.4. The number of sulfonamides is 1. The molecule has 0 unspecified atom stereocenters. The van der Waals surface area contributed by atoms with Gasteiger partial charge in [0.25, 0.3) is 10.0 Å². The van der Waals surface area contributed by atoms with Gasteiger partial charge in [-0.05, 0) is 24.3 Å². The van der Waals surface area contributed by atoms with E-state index < -0.39 is 15.4 Å². The quantitative estimate of drug-likeness (QED) is 0.343. The topological polar surface area (TPSA) is 91.4 Å². The van der Waals surface area contributed by atoms with Crippen LogP contribution in [-0.4, -0.2) is 33.4 Å². The minimum Gasteiger partial charge on any atom is -0.377 e. The Kier molecular flexibility index (Phi) is 6.57. The van der Waals surface area contributed by atoms with Gasteiger partial charge in [-0.1, -0.05) is 57.2 Å². The van der Waals surface area contributed by atoms with Gasteiger partial charge in [-0.25, -0.2) is 13.4 Å². The molecule has 4 aromatic rings. The third-order valence-electron chi connectivity index (χ3n) is 5.45. The molecule has 0 aliphatic heterocycles. The first-order valence-electron chi connectivity index (χ1n) is 11.0. The van der Waals surface area contributed by atoms with Crippen LogP contribution in [0.2, 0.25) is 0 Å². The van der Waals surface area contributed by atoms with Gasteiger partial charge < -0.3 is 10.2 Å². The zero-order valence-corrected chi connectivity index (χ0v) is 21.9. The lowest BCUT2D eigenvalue weighted by Crippen LogP contribution is -2.27. The molecule has 1 aromatic heterocycles. The molecule has 0 atom stereocenters. The summed E-state index contributed by atoms with van der Waals surface area (Å²) in [6, 6.07) is 18.0. The van der Waals surface area contributed by atoms with Crippen LogP contribution in [0.25, 0.3) is 22.0 Å². The van der Waals surface area contributed by atoms with E-state index in [0.29, 0.717) is 21.9 Å². The van der Waals surface area contributed by atoms with Gasteiger partial charge >= 0.3 is 0 Å². The lowest BCUT2D eigenvalue weighted by Gasteiger charge is -2.17. The van der Waals surface area contributed by atoms with E-state index in [1.165, 1.54) is 11.3 Å². The second-order valence-corrected chi connectivity index (χ2v) is 12.0. The number of anilines is 3. The number of carbonyl (C=O) groups is 1. The summed E-state index contributed by atoms with van der Waals surface area (Å²) in [5.41, 5.74) is 2.24. The predicted octanol–water partition coefficient (Wildman–Crippen LogP) is 5.81. The SMILES string of the molecule is CN(C)c1cccc2c(S(=O)(=O)Nc3cccc(-c4csc(NC(=O)C(C)(C)C)n4)c3)cccc12. The standard InChI is InChI=1S/C26H28N4O3S2/c1-26(2,3)24(31)28-25-27-21(16-34-25)17-9-6-10-18(15-17)29-35(32,33)23-14-8-11-19-20(23)12-7-13-22(19)30(4)5/h6-16,29H,1-5H3,(H,27,28,31). The fourth-order valence-electron chi connectivity index (χ4n) is 3.59. The molecule has 0 bridgehead atoms. The molecule has 7 nitrogen and oxygen atoms in total. The number of fused-ring (bicyclic) bond motifs is 1. The van der Waals surface area contributed by atoms with Crippen molar-refractivity contribution in [3.8, 4) is 11.3 Å². The molecule has 0 aliphatic rings. The van der Waals surface area contributed by atoms with Gasteiger partial charge in [0.05, 0.1) is 10.6 Å². The molecule has 2 N–H and O–H groups in total. The van der Waals surface area contributed by atoms with E-state index in [0.717, 1.165) is 16.6 Å². The van der Waals surface area contributed by atoms with Gasteiger partial charge in [0.1, 0.15) is 0 Å². The second kappa shape index (κ2) is 9.31. The van der Waals surface area contributed by atoms with Crippen LogP contribution in [0.1, 0.15) is 20.8 Å². The van der Waals surface area contributed by atoms with E-state index in [9.17, 15) is 13.2 Å². The lowest BCUT2D eigenvalue weighted by atomic mass is 9.96. The molecular formula is C26H28N4O3S2. The Bertz CT molecular complexity index is 1500. The Balaban J connectivity index is 1.62. The number of thiazole rings is 1. The summed E-state index contributed by atoms with van der Waals surface area (Å²) in [6.07, 6.45) is 0. The normalized spacial score (nSPS) is 11.9. The van der Waals surface area contributed by atoms with Gasteiger partial charge in [0.2, 0.25) is 5.91 Å². The average Bonchev–Trinajstić information content (AvgIpc) is 3.26. The minimum atomic E-state index is -3.85. The van der Waals surface area contributed by atoms with E-state index >= 15 is 0 Å². The van der Waals surface area contributed by atoms with Crippen molar-refractivity contribution in [3.63, 3.8) is 0 Å². The molecule has 0 fully saturated rings. The fourth-order valence-corrected chi connectivity index (χ4v) is 5.58. The highest BCUT2D eigenvalue weighted by atomic mass is 32.2. The Morgan fingerprint density at radius 1 is 0.971 bits per heavy atom. The van der Waals surface area contributed by atoms with Crippen molar-refractivity contribution >= 4 is 54.5 Å². The summed E-state index contributed by atoms with van der Waals surface area (Å²) < 4.78 is 29.5. The first-order chi connectivity index (χ1) is 16.5. The van der Waals surface area contributed by atoms with Crippen LogP contribution >= 0.6 is 11.3 Å². The van der Waals surface area contributed by atoms with E-state index in [4.69, 9.17) is 0 Å². The molecule has 1 heterocycles. The van der Waals surface area contributed by atoms with E-state index in [2.05, 4.69) is 15.0 Å². The van der Waals surface area contributed by atoms with Crippen LogP contribution in [-0.2, 0) is 14.8 Å². The molecule has 35 heavy (non-hydrogen) atoms. The van der Waals surface area contributed by atoms with Gasteiger partial charge in [-0.15, -0.1) is 11.3 Å². The lowest BCUT2D eigenvalue weighted by molar-refractivity contribution is -0.123. The summed E-state index contributed by atoms with van der Waals surface area (Å²) in [7, 11) is 0.00568. The van der Waals surface area contributed by atoms with Crippen molar-refractivity contribution in [3.05, 3.63) is 66.0 Å². The molecule has 1 amide bonds. The molecule has 0 saturated carbocycles. The molecule has 0 saturated heterocycles. The first-order valence-corrected chi connectivity index (χ1v) is 13.4. The maximum Gasteiger partial charge on any atom is 0.262 e. The van der Waals surface area contributed by atoms with Crippen molar-refractivity contribution < 1.29 is 13.2 Å². The van der Waals surface area contributed by atoms with Gasteiger partial charge in [0.15, 0.2) is 5.13 Å². The Hall–Kier alpha value is -3.43. The third-order valence-corrected chi connectivity index (χ3v) is 7.64. The van der Waals surface area contributed by atoms with Crippen molar-refractivity contribution in [1.29, 1.82) is 0 Å². The summed E-state index contributed by atoms with van der Waals surface area (Å²) in [5, 5.41) is 6.68. The number of rotatable bonds is 6. The Labute approximate surface area is 209 Å². The number of hydrogen-bond donors (Lipinski definition) is 2. The molecule has 0 aliphatic carbocycles. The highest BCUT2D eigenvalue weighted by Gasteiger charge is 2.23. The third kappa shape index (κ3) is 5.31. The van der Waals surface area contributed by atoms with Crippen molar-refractivity contribution in [2.45, 2.75) is 25.7 Å². The molecule has 0 radical (unpaired) electrons. The zero-order valence-electron chi connectivity index (χ0n) is 20.3. The summed E-state index contributed by atoms with van der Waals surface area (Å²) in [6.45, 7) is 5.51. The predicted molar refractivity (Wildman–Crippen MR) is 145 cm³/mol. The first kappa shape index (κ1) is 24.7. The number of nitrogens with zero attached hydrogens (tertiary/aromatic N) is 2. The maximum absolute atomic E-state index is 13.4. The van der Waals surface area contributed by atoms with Crippen molar-refractivity contribution in [2.24, 2.45) is 5.41 Å². The van der Waals surface area contributed by atoms with E-state index in [1.807, 2.05) is 75.5 Å². The summed E-state index contributed by atoms with van der Waals surface area (Å²) in [4.78, 5) is 18.9. The Morgan fingerprint density at radius 3 is 2.37 bits per heavy atom. The van der Waals surface area contributed by atoms with Crippen LogP contribution < -0.4 is 14.9 Å². The molecular weight excluding hydrogens is 480 g/mol. The van der Waals surface area contributed by atoms with Crippen LogP contribution in [0.5, 0.6) is 0 Å². The largest absolute Gasteiger partial charge is 0.377 e. The summed E-state index contributed by atoms with van der Waals surface area (Å²) >= 11 is 1.32. The molecule has 182 valence electrons. The number of carbonyl (C=O) groups excluding carboxylic acids is 1. The average molecular weight is 509 g/mol. The number of nitrogens with one attached hydrogen (secondary N) is 2. The molecule has 0 spiro atoms.